The Morgan fingerprint density at radius 3 is 2.74 bits per heavy atom. The van der Waals surface area contributed by atoms with Crippen LogP contribution < -0.4 is 0 Å². The van der Waals surface area contributed by atoms with Gasteiger partial charge in [-0.05, 0) is 87.4 Å². The molecule has 0 bridgehead atoms. The lowest BCUT2D eigenvalue weighted by molar-refractivity contribution is 0.192. The van der Waals surface area contributed by atoms with E-state index >= 15 is 0 Å². The number of rotatable bonds is 1. The van der Waals surface area contributed by atoms with Crippen molar-refractivity contribution >= 4 is 0 Å². The lowest BCUT2D eigenvalue weighted by atomic mass is 9.61. The van der Waals surface area contributed by atoms with Crippen molar-refractivity contribution in [3.05, 3.63) is 11.1 Å². The molecule has 4 aliphatic carbocycles. The molecule has 0 amide bonds. The summed E-state index contributed by atoms with van der Waals surface area (Å²) in [5, 5.41) is 0. The summed E-state index contributed by atoms with van der Waals surface area (Å²) in [6.07, 6.45) is 16.7. The van der Waals surface area contributed by atoms with E-state index in [4.69, 9.17) is 0 Å². The van der Waals surface area contributed by atoms with Gasteiger partial charge in [-0.1, -0.05) is 30.9 Å². The molecule has 2 unspecified atom stereocenters. The highest BCUT2D eigenvalue weighted by molar-refractivity contribution is 5.27. The normalized spacial score (nSPS) is 45.6. The molecule has 0 aromatic rings. The van der Waals surface area contributed by atoms with E-state index in [2.05, 4.69) is 6.92 Å². The monoisotopic (exact) mass is 258 g/mol. The smallest absolute Gasteiger partial charge is 0.0169 e. The summed E-state index contributed by atoms with van der Waals surface area (Å²) in [5.41, 5.74) is 4.00. The standard InChI is InChI=1S/C19H30/c1-2-13-11-15-8-10-17-16-6-4-3-5-14(16)7-9-18(17)19(15)12-13/h13-15,18-19H,2-12H2,1H3/t13?,14?,15-,18-,19-/m1/s1. The van der Waals surface area contributed by atoms with Gasteiger partial charge in [-0.15, -0.1) is 0 Å². The lowest BCUT2D eigenvalue weighted by Gasteiger charge is -2.44. The van der Waals surface area contributed by atoms with Crippen LogP contribution in [-0.4, -0.2) is 0 Å². The summed E-state index contributed by atoms with van der Waals surface area (Å²) in [6.45, 7) is 2.42. The average Bonchev–Trinajstić information content (AvgIpc) is 2.90. The molecule has 0 heteroatoms. The fourth-order valence-electron chi connectivity index (χ4n) is 6.21. The first-order chi connectivity index (χ1) is 9.36. The zero-order valence-electron chi connectivity index (χ0n) is 12.7. The van der Waals surface area contributed by atoms with E-state index in [1.54, 1.807) is 32.1 Å². The van der Waals surface area contributed by atoms with Gasteiger partial charge in [0.15, 0.2) is 0 Å². The topological polar surface area (TPSA) is 0 Å². The zero-order chi connectivity index (χ0) is 12.8. The van der Waals surface area contributed by atoms with Crippen LogP contribution in [0.4, 0.5) is 0 Å². The van der Waals surface area contributed by atoms with E-state index in [1.165, 1.54) is 38.5 Å². The maximum Gasteiger partial charge on any atom is -0.0169 e. The average molecular weight is 258 g/mol. The fraction of sp³-hybridized carbons (Fsp3) is 0.895. The first kappa shape index (κ1) is 12.5. The Kier molecular flexibility index (Phi) is 3.24. The van der Waals surface area contributed by atoms with E-state index in [0.29, 0.717) is 0 Å². The Bertz CT molecular complexity index is 377. The predicted molar refractivity (Wildman–Crippen MR) is 80.9 cm³/mol. The van der Waals surface area contributed by atoms with Crippen LogP contribution in [-0.2, 0) is 0 Å². The molecular weight excluding hydrogens is 228 g/mol. The molecule has 0 spiro atoms. The molecule has 0 aromatic carbocycles. The fourth-order valence-corrected chi connectivity index (χ4v) is 6.21. The van der Waals surface area contributed by atoms with E-state index in [1.807, 2.05) is 11.1 Å². The molecule has 0 nitrogen and oxygen atoms in total. The summed E-state index contributed by atoms with van der Waals surface area (Å²) in [4.78, 5) is 0. The van der Waals surface area contributed by atoms with Crippen LogP contribution in [0.15, 0.2) is 11.1 Å². The molecule has 0 heterocycles. The van der Waals surface area contributed by atoms with Crippen LogP contribution >= 0.6 is 0 Å². The summed E-state index contributed by atoms with van der Waals surface area (Å²) in [6, 6.07) is 0. The molecule has 3 saturated carbocycles. The number of allylic oxidation sites excluding steroid dienone is 2. The van der Waals surface area contributed by atoms with Crippen molar-refractivity contribution in [3.8, 4) is 0 Å². The van der Waals surface area contributed by atoms with Crippen molar-refractivity contribution in [2.45, 2.75) is 77.6 Å². The molecule has 0 aromatic heterocycles. The Balaban J connectivity index is 1.62. The Morgan fingerprint density at radius 2 is 1.84 bits per heavy atom. The van der Waals surface area contributed by atoms with E-state index in [0.717, 1.165) is 29.6 Å². The van der Waals surface area contributed by atoms with Crippen LogP contribution in [0, 0.1) is 29.6 Å². The highest BCUT2D eigenvalue weighted by Crippen LogP contribution is 2.56. The van der Waals surface area contributed by atoms with Gasteiger partial charge in [0, 0.05) is 0 Å². The second kappa shape index (κ2) is 4.93. The summed E-state index contributed by atoms with van der Waals surface area (Å²) >= 11 is 0. The minimum absolute atomic E-state index is 1.03. The molecular formula is C19H30. The van der Waals surface area contributed by atoms with Gasteiger partial charge in [-0.25, -0.2) is 0 Å². The maximum atomic E-state index is 2.42. The Hall–Kier alpha value is -0.260. The molecule has 5 atom stereocenters. The van der Waals surface area contributed by atoms with Crippen LogP contribution in [0.25, 0.3) is 0 Å². The third-order valence-electron chi connectivity index (χ3n) is 7.15. The van der Waals surface area contributed by atoms with Gasteiger partial charge in [-0.2, -0.15) is 0 Å². The van der Waals surface area contributed by atoms with Crippen molar-refractivity contribution < 1.29 is 0 Å². The summed E-state index contributed by atoms with van der Waals surface area (Å²) in [5.74, 6) is 5.35. The number of fused-ring (bicyclic) bond motifs is 4. The molecule has 0 saturated heterocycles. The van der Waals surface area contributed by atoms with Crippen molar-refractivity contribution in [1.82, 2.24) is 0 Å². The quantitative estimate of drug-likeness (QED) is 0.527. The van der Waals surface area contributed by atoms with Gasteiger partial charge in [-0.3, -0.25) is 0 Å². The lowest BCUT2D eigenvalue weighted by Crippen LogP contribution is -2.32. The molecule has 0 N–H and O–H groups in total. The van der Waals surface area contributed by atoms with Crippen molar-refractivity contribution in [1.29, 1.82) is 0 Å². The van der Waals surface area contributed by atoms with E-state index in [-0.39, 0.29) is 0 Å². The van der Waals surface area contributed by atoms with E-state index < -0.39 is 0 Å². The van der Waals surface area contributed by atoms with Crippen molar-refractivity contribution in [3.63, 3.8) is 0 Å². The second-order valence-electron chi connectivity index (χ2n) is 7.89. The van der Waals surface area contributed by atoms with Crippen molar-refractivity contribution in [2.75, 3.05) is 0 Å². The van der Waals surface area contributed by atoms with E-state index in [9.17, 15) is 0 Å². The highest BCUT2D eigenvalue weighted by atomic mass is 14.5. The SMILES string of the molecule is CCC1C[C@H]2CCC3=C4CCCCC4CC[C@H]3[C@@H]2C1. The van der Waals surface area contributed by atoms with Crippen LogP contribution in [0.5, 0.6) is 0 Å². The molecule has 19 heavy (non-hydrogen) atoms. The van der Waals surface area contributed by atoms with Crippen molar-refractivity contribution in [2.24, 2.45) is 29.6 Å². The summed E-state index contributed by atoms with van der Waals surface area (Å²) in [7, 11) is 0. The third kappa shape index (κ3) is 2.01. The van der Waals surface area contributed by atoms with Gasteiger partial charge in [0.2, 0.25) is 0 Å². The van der Waals surface area contributed by atoms with Crippen LogP contribution in [0.3, 0.4) is 0 Å². The third-order valence-corrected chi connectivity index (χ3v) is 7.15. The molecule has 4 aliphatic rings. The molecule has 3 fully saturated rings. The largest absolute Gasteiger partial charge is 0.0676 e. The molecule has 4 rings (SSSR count). The van der Waals surface area contributed by atoms with Gasteiger partial charge < -0.3 is 0 Å². The minimum Gasteiger partial charge on any atom is -0.0676 e. The Morgan fingerprint density at radius 1 is 0.895 bits per heavy atom. The van der Waals surface area contributed by atoms with Gasteiger partial charge in [0.25, 0.3) is 0 Å². The maximum absolute atomic E-state index is 2.42. The van der Waals surface area contributed by atoms with Gasteiger partial charge >= 0.3 is 0 Å². The first-order valence-corrected chi connectivity index (χ1v) is 9.08. The highest BCUT2D eigenvalue weighted by Gasteiger charge is 2.45. The molecule has 0 aliphatic heterocycles. The van der Waals surface area contributed by atoms with Crippen LogP contribution in [0.2, 0.25) is 0 Å². The number of hydrogen-bond donors (Lipinski definition) is 0. The first-order valence-electron chi connectivity index (χ1n) is 9.08. The Labute approximate surface area is 119 Å². The van der Waals surface area contributed by atoms with Gasteiger partial charge in [0.05, 0.1) is 0 Å². The minimum atomic E-state index is 1.03. The predicted octanol–water partition coefficient (Wildman–Crippen LogP) is 5.73. The second-order valence-corrected chi connectivity index (χ2v) is 7.89. The summed E-state index contributed by atoms with van der Waals surface area (Å²) < 4.78 is 0. The zero-order valence-corrected chi connectivity index (χ0v) is 12.7. The molecule has 106 valence electrons. The van der Waals surface area contributed by atoms with Gasteiger partial charge in [0.1, 0.15) is 0 Å². The molecule has 0 radical (unpaired) electrons. The van der Waals surface area contributed by atoms with Crippen LogP contribution in [0.1, 0.15) is 77.6 Å². The number of hydrogen-bond acceptors (Lipinski definition) is 0.